The second-order valence-corrected chi connectivity index (χ2v) is 5.82. The van der Waals surface area contributed by atoms with Gasteiger partial charge in [0.2, 0.25) is 11.8 Å². The average molecular weight is 303 g/mol. The maximum absolute atomic E-state index is 12.2. The van der Waals surface area contributed by atoms with Gasteiger partial charge >= 0.3 is 0 Å². The molecule has 2 aromatic rings. The maximum atomic E-state index is 12.2. The average Bonchev–Trinajstić information content (AvgIpc) is 3.07. The molecule has 7 heteroatoms. The summed E-state index contributed by atoms with van der Waals surface area (Å²) in [5.41, 5.74) is 2.23. The standard InChI is InChI=1S/C15H21N5O2/c1-9-17-12-6-5-11(8-13(12)18-9)15(21)16-7-3-4-14-19-10(2)20-22-14/h11H,3-8H2,1-2H3,(H,16,21)(H,17,18). The highest BCUT2D eigenvalue weighted by molar-refractivity contribution is 5.79. The van der Waals surface area contributed by atoms with Gasteiger partial charge in [-0.1, -0.05) is 5.16 Å². The molecule has 1 aliphatic rings. The molecular weight excluding hydrogens is 282 g/mol. The fourth-order valence-electron chi connectivity index (χ4n) is 2.88. The molecule has 2 heterocycles. The molecule has 0 spiro atoms. The summed E-state index contributed by atoms with van der Waals surface area (Å²) in [5.74, 6) is 2.37. The van der Waals surface area contributed by atoms with Crippen LogP contribution < -0.4 is 5.32 Å². The summed E-state index contributed by atoms with van der Waals surface area (Å²) >= 11 is 0. The summed E-state index contributed by atoms with van der Waals surface area (Å²) in [6.45, 7) is 4.38. The Labute approximate surface area is 128 Å². The van der Waals surface area contributed by atoms with Gasteiger partial charge in [-0.3, -0.25) is 4.79 Å². The highest BCUT2D eigenvalue weighted by atomic mass is 16.5. The van der Waals surface area contributed by atoms with Gasteiger partial charge in [0, 0.05) is 31.0 Å². The minimum Gasteiger partial charge on any atom is -0.356 e. The Morgan fingerprint density at radius 1 is 1.41 bits per heavy atom. The van der Waals surface area contributed by atoms with Crippen LogP contribution in [0.5, 0.6) is 0 Å². The van der Waals surface area contributed by atoms with E-state index < -0.39 is 0 Å². The number of carbonyl (C=O) groups excluding carboxylic acids is 1. The van der Waals surface area contributed by atoms with E-state index in [1.807, 2.05) is 6.92 Å². The molecule has 1 aliphatic carbocycles. The zero-order chi connectivity index (χ0) is 15.5. The molecule has 1 amide bonds. The van der Waals surface area contributed by atoms with Crippen LogP contribution in [0.15, 0.2) is 4.52 Å². The van der Waals surface area contributed by atoms with Crippen LogP contribution in [0.1, 0.15) is 41.8 Å². The molecular formula is C15H21N5O2. The van der Waals surface area contributed by atoms with E-state index in [-0.39, 0.29) is 11.8 Å². The van der Waals surface area contributed by atoms with E-state index in [1.165, 1.54) is 0 Å². The number of aryl methyl sites for hydroxylation is 4. The molecule has 1 atom stereocenters. The van der Waals surface area contributed by atoms with Gasteiger partial charge in [-0.2, -0.15) is 4.98 Å². The van der Waals surface area contributed by atoms with E-state index in [0.717, 1.165) is 42.9 Å². The van der Waals surface area contributed by atoms with Crippen LogP contribution in [-0.4, -0.2) is 32.6 Å². The van der Waals surface area contributed by atoms with Crippen LogP contribution in [0.2, 0.25) is 0 Å². The molecule has 2 aromatic heterocycles. The lowest BCUT2D eigenvalue weighted by Gasteiger charge is -2.20. The molecule has 22 heavy (non-hydrogen) atoms. The van der Waals surface area contributed by atoms with Gasteiger partial charge in [-0.15, -0.1) is 0 Å². The predicted molar refractivity (Wildman–Crippen MR) is 79.2 cm³/mol. The van der Waals surface area contributed by atoms with Crippen molar-refractivity contribution in [1.29, 1.82) is 0 Å². The first-order valence-corrected chi connectivity index (χ1v) is 7.73. The van der Waals surface area contributed by atoms with E-state index in [4.69, 9.17) is 4.52 Å². The number of imidazole rings is 1. The first-order valence-electron chi connectivity index (χ1n) is 7.73. The Kier molecular flexibility index (Phi) is 4.22. The number of nitrogens with zero attached hydrogens (tertiary/aromatic N) is 3. The number of aromatic nitrogens is 4. The summed E-state index contributed by atoms with van der Waals surface area (Å²) in [4.78, 5) is 24.1. The third-order valence-corrected chi connectivity index (χ3v) is 3.97. The fraction of sp³-hybridized carbons (Fsp3) is 0.600. The zero-order valence-corrected chi connectivity index (χ0v) is 13.0. The summed E-state index contributed by atoms with van der Waals surface area (Å²) in [5, 5.41) is 6.75. The molecule has 7 nitrogen and oxygen atoms in total. The number of hydrogen-bond donors (Lipinski definition) is 2. The largest absolute Gasteiger partial charge is 0.356 e. The van der Waals surface area contributed by atoms with Crippen molar-refractivity contribution in [2.75, 3.05) is 6.54 Å². The maximum Gasteiger partial charge on any atom is 0.226 e. The molecule has 118 valence electrons. The van der Waals surface area contributed by atoms with Gasteiger partial charge in [0.05, 0.1) is 5.69 Å². The monoisotopic (exact) mass is 303 g/mol. The number of carbonyl (C=O) groups is 1. The third kappa shape index (κ3) is 3.35. The molecule has 3 rings (SSSR count). The van der Waals surface area contributed by atoms with E-state index in [9.17, 15) is 4.79 Å². The molecule has 2 N–H and O–H groups in total. The molecule has 0 bridgehead atoms. The lowest BCUT2D eigenvalue weighted by Crippen LogP contribution is -2.34. The van der Waals surface area contributed by atoms with Crippen molar-refractivity contribution in [1.82, 2.24) is 25.4 Å². The Hall–Kier alpha value is -2.18. The van der Waals surface area contributed by atoms with E-state index in [0.29, 0.717) is 24.7 Å². The molecule has 0 saturated heterocycles. The van der Waals surface area contributed by atoms with Crippen molar-refractivity contribution in [2.45, 2.75) is 46.0 Å². The first kappa shape index (κ1) is 14.7. The minimum absolute atomic E-state index is 0.0398. The van der Waals surface area contributed by atoms with Gasteiger partial charge in [0.15, 0.2) is 5.82 Å². The van der Waals surface area contributed by atoms with E-state index in [2.05, 4.69) is 25.4 Å². The predicted octanol–water partition coefficient (Wildman–Crippen LogP) is 1.26. The lowest BCUT2D eigenvalue weighted by molar-refractivity contribution is -0.125. The van der Waals surface area contributed by atoms with Gasteiger partial charge in [-0.05, 0) is 33.1 Å². The Morgan fingerprint density at radius 3 is 3.05 bits per heavy atom. The Morgan fingerprint density at radius 2 is 2.27 bits per heavy atom. The van der Waals surface area contributed by atoms with Crippen molar-refractivity contribution in [3.8, 4) is 0 Å². The normalized spacial score (nSPS) is 17.3. The van der Waals surface area contributed by atoms with Crippen molar-refractivity contribution >= 4 is 5.91 Å². The van der Waals surface area contributed by atoms with Gasteiger partial charge in [0.1, 0.15) is 5.82 Å². The molecule has 0 saturated carbocycles. The van der Waals surface area contributed by atoms with Crippen molar-refractivity contribution in [3.63, 3.8) is 0 Å². The van der Waals surface area contributed by atoms with Crippen molar-refractivity contribution in [2.24, 2.45) is 5.92 Å². The SMILES string of the molecule is Cc1noc(CCCNC(=O)C2CCc3nc(C)[nH]c3C2)n1. The Bertz CT molecular complexity index is 661. The smallest absolute Gasteiger partial charge is 0.226 e. The van der Waals surface area contributed by atoms with Crippen LogP contribution in [0.3, 0.4) is 0 Å². The molecule has 0 aliphatic heterocycles. The second kappa shape index (κ2) is 6.29. The first-order chi connectivity index (χ1) is 10.6. The topological polar surface area (TPSA) is 96.7 Å². The van der Waals surface area contributed by atoms with Crippen molar-refractivity contribution in [3.05, 3.63) is 28.9 Å². The number of nitrogens with one attached hydrogen (secondary N) is 2. The minimum atomic E-state index is 0.0398. The quantitative estimate of drug-likeness (QED) is 0.811. The Balaban J connectivity index is 1.43. The number of rotatable bonds is 5. The second-order valence-electron chi connectivity index (χ2n) is 5.82. The summed E-state index contributed by atoms with van der Waals surface area (Å²) in [7, 11) is 0. The number of H-pyrrole nitrogens is 1. The summed E-state index contributed by atoms with van der Waals surface area (Å²) in [6, 6.07) is 0. The number of amides is 1. The van der Waals surface area contributed by atoms with Crippen LogP contribution in [-0.2, 0) is 24.1 Å². The van der Waals surface area contributed by atoms with Gasteiger partial charge < -0.3 is 14.8 Å². The van der Waals surface area contributed by atoms with Crippen LogP contribution in [0.4, 0.5) is 0 Å². The van der Waals surface area contributed by atoms with Crippen LogP contribution >= 0.6 is 0 Å². The van der Waals surface area contributed by atoms with Crippen LogP contribution in [0.25, 0.3) is 0 Å². The van der Waals surface area contributed by atoms with E-state index in [1.54, 1.807) is 6.92 Å². The summed E-state index contributed by atoms with van der Waals surface area (Å²) in [6.07, 6.45) is 3.99. The van der Waals surface area contributed by atoms with Gasteiger partial charge in [-0.25, -0.2) is 4.98 Å². The van der Waals surface area contributed by atoms with Crippen LogP contribution in [0, 0.1) is 19.8 Å². The zero-order valence-electron chi connectivity index (χ0n) is 13.0. The molecule has 0 aromatic carbocycles. The van der Waals surface area contributed by atoms with Gasteiger partial charge in [0.25, 0.3) is 0 Å². The number of fused-ring (bicyclic) bond motifs is 1. The highest BCUT2D eigenvalue weighted by Crippen LogP contribution is 2.23. The fourth-order valence-corrected chi connectivity index (χ4v) is 2.88. The number of aromatic amines is 1. The number of hydrogen-bond acceptors (Lipinski definition) is 5. The molecule has 0 radical (unpaired) electrons. The highest BCUT2D eigenvalue weighted by Gasteiger charge is 2.26. The van der Waals surface area contributed by atoms with E-state index >= 15 is 0 Å². The third-order valence-electron chi connectivity index (χ3n) is 3.97. The summed E-state index contributed by atoms with van der Waals surface area (Å²) < 4.78 is 5.04. The molecule has 1 unspecified atom stereocenters. The molecule has 0 fully saturated rings. The van der Waals surface area contributed by atoms with Crippen molar-refractivity contribution < 1.29 is 9.32 Å². The lowest BCUT2D eigenvalue weighted by atomic mass is 9.89.